The van der Waals surface area contributed by atoms with Crippen molar-refractivity contribution >= 4 is 28.8 Å². The van der Waals surface area contributed by atoms with E-state index in [9.17, 15) is 20.2 Å². The van der Waals surface area contributed by atoms with Crippen LogP contribution in [0.3, 0.4) is 0 Å². The van der Waals surface area contributed by atoms with E-state index < -0.39 is 9.85 Å². The van der Waals surface area contributed by atoms with Gasteiger partial charge >= 0.3 is 0 Å². The smallest absolute Gasteiger partial charge is 0.299 e. The summed E-state index contributed by atoms with van der Waals surface area (Å²) in [4.78, 5) is 20.7. The Balaban J connectivity index is 1.68. The van der Waals surface area contributed by atoms with Crippen LogP contribution in [0, 0.1) is 20.2 Å². The first-order valence-corrected chi connectivity index (χ1v) is 9.02. The van der Waals surface area contributed by atoms with E-state index in [1.54, 1.807) is 12.3 Å². The number of nitrogens with zero attached hydrogens (tertiary/aromatic N) is 2. The Kier molecular flexibility index (Phi) is 6.70. The Morgan fingerprint density at radius 2 is 1.60 bits per heavy atom. The molecule has 0 aliphatic rings. The van der Waals surface area contributed by atoms with Gasteiger partial charge in [0.25, 0.3) is 11.4 Å². The quantitative estimate of drug-likeness (QED) is 0.348. The predicted octanol–water partition coefficient (Wildman–Crippen LogP) is 4.70. The molecule has 0 saturated heterocycles. The summed E-state index contributed by atoms with van der Waals surface area (Å²) in [6.45, 7) is 0.549. The maximum atomic E-state index is 11.2. The molecule has 0 aliphatic heterocycles. The molecule has 0 spiro atoms. The zero-order valence-electron chi connectivity index (χ0n) is 15.8. The fraction of sp³-hybridized carbons (Fsp3) is 0.0476. The van der Waals surface area contributed by atoms with Gasteiger partial charge in [0.2, 0.25) is 0 Å². The van der Waals surface area contributed by atoms with Crippen molar-refractivity contribution in [2.45, 2.75) is 6.54 Å². The number of nitro groups is 2. The monoisotopic (exact) mass is 405 g/mol. The first kappa shape index (κ1) is 20.5. The molecule has 3 N–H and O–H groups in total. The van der Waals surface area contributed by atoms with E-state index in [-0.39, 0.29) is 17.1 Å². The standard InChI is InChI=1S/C21H19N5O4/c27-25(28)19-10-11-20(21(14-19)26(29)30)22-13-12-16-6-4-5-7-17(16)15-23-24-18-8-2-1-3-9-18/h1-14,22-24H,15H2/b13-12+. The minimum atomic E-state index is -0.667. The van der Waals surface area contributed by atoms with Crippen molar-refractivity contribution in [3.05, 3.63) is 110 Å². The Bertz CT molecular complexity index is 1070. The van der Waals surface area contributed by atoms with Crippen LogP contribution >= 0.6 is 0 Å². The second kappa shape index (κ2) is 9.80. The number of hydrogen-bond acceptors (Lipinski definition) is 7. The summed E-state index contributed by atoms with van der Waals surface area (Å²) in [5, 5.41) is 24.9. The molecule has 0 radical (unpaired) electrons. The second-order valence-corrected chi connectivity index (χ2v) is 6.24. The normalized spacial score (nSPS) is 10.7. The number of nitrogens with one attached hydrogen (secondary N) is 3. The molecule has 0 fully saturated rings. The highest BCUT2D eigenvalue weighted by Gasteiger charge is 2.18. The van der Waals surface area contributed by atoms with Gasteiger partial charge in [0.05, 0.1) is 15.9 Å². The summed E-state index contributed by atoms with van der Waals surface area (Å²) in [5.41, 5.74) is 8.60. The number of benzene rings is 3. The van der Waals surface area contributed by atoms with Crippen LogP contribution in [0.5, 0.6) is 0 Å². The molecule has 30 heavy (non-hydrogen) atoms. The minimum absolute atomic E-state index is 0.170. The van der Waals surface area contributed by atoms with Crippen molar-refractivity contribution < 1.29 is 9.85 Å². The minimum Gasteiger partial charge on any atom is -0.356 e. The van der Waals surface area contributed by atoms with Gasteiger partial charge in [-0.2, -0.15) is 0 Å². The van der Waals surface area contributed by atoms with Crippen LogP contribution in [0.15, 0.2) is 79.0 Å². The third-order valence-electron chi connectivity index (χ3n) is 4.23. The molecule has 9 nitrogen and oxygen atoms in total. The molecule has 0 unspecified atom stereocenters. The van der Waals surface area contributed by atoms with Gasteiger partial charge in [-0.25, -0.2) is 5.43 Å². The van der Waals surface area contributed by atoms with Crippen LogP contribution < -0.4 is 16.2 Å². The summed E-state index contributed by atoms with van der Waals surface area (Å²) in [5.74, 6) is 0. The number of hydrazine groups is 1. The highest BCUT2D eigenvalue weighted by molar-refractivity contribution is 5.68. The highest BCUT2D eigenvalue weighted by Crippen LogP contribution is 2.29. The molecule has 3 aromatic rings. The van der Waals surface area contributed by atoms with E-state index in [2.05, 4.69) is 16.2 Å². The number of rotatable bonds is 9. The van der Waals surface area contributed by atoms with Crippen molar-refractivity contribution in [3.63, 3.8) is 0 Å². The third kappa shape index (κ3) is 5.40. The number of hydrogen-bond donors (Lipinski definition) is 3. The number of para-hydroxylation sites is 1. The van der Waals surface area contributed by atoms with Crippen LogP contribution in [0.2, 0.25) is 0 Å². The van der Waals surface area contributed by atoms with E-state index in [4.69, 9.17) is 0 Å². The molecule has 0 aromatic heterocycles. The van der Waals surface area contributed by atoms with Gasteiger partial charge in [0, 0.05) is 24.5 Å². The van der Waals surface area contributed by atoms with Crippen LogP contribution in [-0.2, 0) is 6.54 Å². The zero-order chi connectivity index (χ0) is 21.3. The molecule has 0 bridgehead atoms. The largest absolute Gasteiger partial charge is 0.356 e. The summed E-state index contributed by atoms with van der Waals surface area (Å²) >= 11 is 0. The molecule has 0 amide bonds. The van der Waals surface area contributed by atoms with Gasteiger partial charge < -0.3 is 10.7 Å². The van der Waals surface area contributed by atoms with E-state index in [0.29, 0.717) is 6.54 Å². The van der Waals surface area contributed by atoms with Gasteiger partial charge in [0.1, 0.15) is 5.69 Å². The Labute approximate surface area is 172 Å². The fourth-order valence-electron chi connectivity index (χ4n) is 2.75. The molecule has 0 aliphatic carbocycles. The lowest BCUT2D eigenvalue weighted by molar-refractivity contribution is -0.393. The van der Waals surface area contributed by atoms with E-state index in [1.165, 1.54) is 12.1 Å². The topological polar surface area (TPSA) is 122 Å². The molecule has 0 heterocycles. The average molecular weight is 405 g/mol. The van der Waals surface area contributed by atoms with Crippen molar-refractivity contribution in [2.75, 3.05) is 10.7 Å². The van der Waals surface area contributed by atoms with Crippen LogP contribution in [-0.4, -0.2) is 9.85 Å². The molecule has 9 heteroatoms. The van der Waals surface area contributed by atoms with Gasteiger partial charge in [-0.15, -0.1) is 0 Å². The lowest BCUT2D eigenvalue weighted by Gasteiger charge is -2.10. The molecular formula is C21H19N5O4. The number of nitro benzene ring substituents is 2. The van der Waals surface area contributed by atoms with Gasteiger partial charge in [-0.3, -0.25) is 20.2 Å². The van der Waals surface area contributed by atoms with E-state index >= 15 is 0 Å². The van der Waals surface area contributed by atoms with E-state index in [1.807, 2.05) is 54.6 Å². The maximum absolute atomic E-state index is 11.2. The average Bonchev–Trinajstić information content (AvgIpc) is 2.75. The first-order chi connectivity index (χ1) is 14.5. The molecule has 3 rings (SSSR count). The Morgan fingerprint density at radius 1 is 0.867 bits per heavy atom. The van der Waals surface area contributed by atoms with Crippen LogP contribution in [0.1, 0.15) is 11.1 Å². The summed E-state index contributed by atoms with van der Waals surface area (Å²) in [6, 6.07) is 20.9. The van der Waals surface area contributed by atoms with Crippen molar-refractivity contribution in [1.82, 2.24) is 5.43 Å². The summed E-state index contributed by atoms with van der Waals surface area (Å²) < 4.78 is 0. The molecule has 3 aromatic carbocycles. The number of non-ortho nitro benzene ring substituents is 1. The Hall–Kier alpha value is -4.24. The lowest BCUT2D eigenvalue weighted by atomic mass is 10.1. The summed E-state index contributed by atoms with van der Waals surface area (Å²) in [7, 11) is 0. The highest BCUT2D eigenvalue weighted by atomic mass is 16.6. The molecule has 0 atom stereocenters. The lowest BCUT2D eigenvalue weighted by Crippen LogP contribution is -2.21. The summed E-state index contributed by atoms with van der Waals surface area (Å²) in [6.07, 6.45) is 3.35. The van der Waals surface area contributed by atoms with Crippen LogP contribution in [0.25, 0.3) is 6.08 Å². The fourth-order valence-corrected chi connectivity index (χ4v) is 2.75. The van der Waals surface area contributed by atoms with Gasteiger partial charge in [-0.05, 0) is 35.4 Å². The molecule has 0 saturated carbocycles. The SMILES string of the molecule is O=[N+]([O-])c1ccc(N/C=C/c2ccccc2CNNc2ccccc2)c([N+](=O)[O-])c1. The molecule has 152 valence electrons. The van der Waals surface area contributed by atoms with Crippen LogP contribution in [0.4, 0.5) is 22.7 Å². The van der Waals surface area contributed by atoms with Crippen molar-refractivity contribution in [2.24, 2.45) is 0 Å². The third-order valence-corrected chi connectivity index (χ3v) is 4.23. The Morgan fingerprint density at radius 3 is 2.33 bits per heavy atom. The van der Waals surface area contributed by atoms with Crippen molar-refractivity contribution in [1.29, 1.82) is 0 Å². The van der Waals surface area contributed by atoms with Gasteiger partial charge in [-0.1, -0.05) is 42.5 Å². The molecular weight excluding hydrogens is 386 g/mol. The number of anilines is 2. The van der Waals surface area contributed by atoms with E-state index in [0.717, 1.165) is 22.9 Å². The first-order valence-electron chi connectivity index (χ1n) is 9.02. The zero-order valence-corrected chi connectivity index (χ0v) is 15.8. The second-order valence-electron chi connectivity index (χ2n) is 6.24. The maximum Gasteiger partial charge on any atom is 0.299 e. The van der Waals surface area contributed by atoms with Crippen molar-refractivity contribution in [3.8, 4) is 0 Å². The van der Waals surface area contributed by atoms with Gasteiger partial charge in [0.15, 0.2) is 0 Å². The predicted molar refractivity (Wildman–Crippen MR) is 116 cm³/mol.